The third-order valence-corrected chi connectivity index (χ3v) is 4.20. The Morgan fingerprint density at radius 1 is 0.960 bits per heavy atom. The maximum Gasteiger partial charge on any atom is 0.160 e. The van der Waals surface area contributed by atoms with Crippen molar-refractivity contribution in [2.24, 2.45) is 5.92 Å². The predicted molar refractivity (Wildman–Crippen MR) is 96.4 cm³/mol. The minimum absolute atomic E-state index is 0.0305. The van der Waals surface area contributed by atoms with E-state index in [0.717, 1.165) is 16.7 Å². The number of hydrogen-bond acceptors (Lipinski definition) is 5. The molecule has 5 nitrogen and oxygen atoms in total. The van der Waals surface area contributed by atoms with Gasteiger partial charge in [0, 0.05) is 12.5 Å². The number of hydrogen-bond donors (Lipinski definition) is 3. The van der Waals surface area contributed by atoms with Crippen molar-refractivity contribution in [3.8, 4) is 23.0 Å². The highest BCUT2D eigenvalue weighted by atomic mass is 16.5. The normalized spacial score (nSPS) is 11.8. The Bertz CT molecular complexity index is 739. The monoisotopic (exact) mass is 344 g/mol. The summed E-state index contributed by atoms with van der Waals surface area (Å²) in [4.78, 5) is 0. The molecular formula is C20H24O5. The fourth-order valence-corrected chi connectivity index (χ4v) is 2.71. The van der Waals surface area contributed by atoms with Crippen LogP contribution in [0.1, 0.15) is 11.1 Å². The van der Waals surface area contributed by atoms with Crippen LogP contribution in [-0.4, -0.2) is 36.1 Å². The van der Waals surface area contributed by atoms with Gasteiger partial charge in [0.05, 0.1) is 14.2 Å². The van der Waals surface area contributed by atoms with Crippen LogP contribution in [0, 0.1) is 5.92 Å². The van der Waals surface area contributed by atoms with Crippen LogP contribution in [0.5, 0.6) is 23.0 Å². The lowest BCUT2D eigenvalue weighted by Crippen LogP contribution is -2.14. The summed E-state index contributed by atoms with van der Waals surface area (Å²) in [5.74, 6) is 0.861. The maximum atomic E-state index is 9.76. The highest BCUT2D eigenvalue weighted by molar-refractivity contribution is 5.44. The summed E-state index contributed by atoms with van der Waals surface area (Å²) in [7, 11) is 3.00. The highest BCUT2D eigenvalue weighted by Gasteiger charge is 2.15. The molecule has 0 aromatic heterocycles. The summed E-state index contributed by atoms with van der Waals surface area (Å²) in [6.45, 7) is 4.08. The van der Waals surface area contributed by atoms with Crippen LogP contribution < -0.4 is 9.47 Å². The molecule has 0 aliphatic rings. The third-order valence-electron chi connectivity index (χ3n) is 4.20. The molecule has 0 spiro atoms. The van der Waals surface area contributed by atoms with Crippen LogP contribution in [0.25, 0.3) is 0 Å². The van der Waals surface area contributed by atoms with E-state index < -0.39 is 0 Å². The van der Waals surface area contributed by atoms with Crippen LogP contribution in [0.2, 0.25) is 0 Å². The quantitative estimate of drug-likeness (QED) is 0.642. The summed E-state index contributed by atoms with van der Waals surface area (Å²) in [6.07, 6.45) is 1.15. The molecule has 3 N–H and O–H groups in total. The Morgan fingerprint density at radius 2 is 1.48 bits per heavy atom. The van der Waals surface area contributed by atoms with Gasteiger partial charge in [-0.1, -0.05) is 24.3 Å². The van der Waals surface area contributed by atoms with Crippen molar-refractivity contribution in [1.82, 2.24) is 0 Å². The zero-order chi connectivity index (χ0) is 18.4. The van der Waals surface area contributed by atoms with E-state index in [2.05, 4.69) is 6.58 Å². The van der Waals surface area contributed by atoms with Crippen molar-refractivity contribution in [2.45, 2.75) is 12.8 Å². The molecule has 0 aliphatic heterocycles. The number of aliphatic hydroxyl groups excluding tert-OH is 1. The molecule has 0 heterocycles. The molecule has 0 radical (unpaired) electrons. The number of aromatic hydroxyl groups is 2. The largest absolute Gasteiger partial charge is 0.504 e. The lowest BCUT2D eigenvalue weighted by Gasteiger charge is -2.18. The van der Waals surface area contributed by atoms with Gasteiger partial charge in [0.2, 0.25) is 0 Å². The van der Waals surface area contributed by atoms with Crippen LogP contribution in [0.3, 0.4) is 0 Å². The van der Waals surface area contributed by atoms with Gasteiger partial charge < -0.3 is 24.8 Å². The van der Waals surface area contributed by atoms with Crippen molar-refractivity contribution in [2.75, 3.05) is 20.8 Å². The molecule has 0 saturated heterocycles. The first kappa shape index (κ1) is 18.7. The van der Waals surface area contributed by atoms with E-state index in [0.29, 0.717) is 24.3 Å². The molecule has 0 amide bonds. The number of ether oxygens (including phenoxy) is 2. The van der Waals surface area contributed by atoms with Crippen LogP contribution >= 0.6 is 0 Å². The van der Waals surface area contributed by atoms with Crippen LogP contribution in [0.15, 0.2) is 48.6 Å². The van der Waals surface area contributed by atoms with E-state index in [1.807, 2.05) is 0 Å². The van der Waals surface area contributed by atoms with E-state index in [9.17, 15) is 15.3 Å². The fourth-order valence-electron chi connectivity index (χ4n) is 2.71. The second-order valence-corrected chi connectivity index (χ2v) is 5.93. The molecule has 1 unspecified atom stereocenters. The molecule has 5 heteroatoms. The van der Waals surface area contributed by atoms with Gasteiger partial charge >= 0.3 is 0 Å². The van der Waals surface area contributed by atoms with Crippen molar-refractivity contribution in [3.05, 3.63) is 59.7 Å². The smallest absolute Gasteiger partial charge is 0.160 e. The SMILES string of the molecule is C=C(Cc1ccc(O)c(OC)c1)C(CO)Cc1ccc(O)c(OC)c1. The van der Waals surface area contributed by atoms with Gasteiger partial charge in [-0.3, -0.25) is 0 Å². The number of aliphatic hydroxyl groups is 1. The van der Waals surface area contributed by atoms with E-state index in [1.54, 1.807) is 36.4 Å². The Balaban J connectivity index is 2.10. The molecule has 2 aromatic rings. The Labute approximate surface area is 147 Å². The van der Waals surface area contributed by atoms with Crippen molar-refractivity contribution in [1.29, 1.82) is 0 Å². The van der Waals surface area contributed by atoms with Gasteiger partial charge in [-0.15, -0.1) is 0 Å². The molecular weight excluding hydrogens is 320 g/mol. The number of rotatable bonds is 8. The van der Waals surface area contributed by atoms with Crippen molar-refractivity contribution in [3.63, 3.8) is 0 Å². The minimum Gasteiger partial charge on any atom is -0.504 e. The zero-order valence-corrected chi connectivity index (χ0v) is 14.5. The highest BCUT2D eigenvalue weighted by Crippen LogP contribution is 2.30. The lowest BCUT2D eigenvalue weighted by molar-refractivity contribution is 0.244. The van der Waals surface area contributed by atoms with Crippen molar-refractivity contribution >= 4 is 0 Å². The van der Waals surface area contributed by atoms with E-state index in [4.69, 9.17) is 9.47 Å². The zero-order valence-electron chi connectivity index (χ0n) is 14.5. The summed E-state index contributed by atoms with van der Waals surface area (Å²) < 4.78 is 10.2. The number of methoxy groups -OCH3 is 2. The van der Waals surface area contributed by atoms with Gasteiger partial charge in [-0.25, -0.2) is 0 Å². The summed E-state index contributed by atoms with van der Waals surface area (Å²) in [5.41, 5.74) is 2.77. The van der Waals surface area contributed by atoms with Crippen molar-refractivity contribution < 1.29 is 24.8 Å². The Morgan fingerprint density at radius 3 is 2.00 bits per heavy atom. The van der Waals surface area contributed by atoms with E-state index >= 15 is 0 Å². The van der Waals surface area contributed by atoms with Crippen LogP contribution in [-0.2, 0) is 12.8 Å². The van der Waals surface area contributed by atoms with E-state index in [1.165, 1.54) is 14.2 Å². The number of phenols is 2. The van der Waals surface area contributed by atoms with Gasteiger partial charge in [0.15, 0.2) is 23.0 Å². The maximum absolute atomic E-state index is 9.76. The Hall–Kier alpha value is -2.66. The topological polar surface area (TPSA) is 79.2 Å². The average molecular weight is 344 g/mol. The molecule has 25 heavy (non-hydrogen) atoms. The summed E-state index contributed by atoms with van der Waals surface area (Å²) in [5, 5.41) is 29.1. The molecule has 0 bridgehead atoms. The molecule has 0 fully saturated rings. The molecule has 134 valence electrons. The van der Waals surface area contributed by atoms with Gasteiger partial charge in [-0.05, 0) is 48.2 Å². The van der Waals surface area contributed by atoms with Crippen LogP contribution in [0.4, 0.5) is 0 Å². The fraction of sp³-hybridized carbons (Fsp3) is 0.300. The molecule has 0 aliphatic carbocycles. The Kier molecular flexibility index (Phi) is 6.31. The summed E-state index contributed by atoms with van der Waals surface area (Å²) >= 11 is 0. The standard InChI is InChI=1S/C20H24O5/c1-13(8-14-4-6-17(22)19(10-14)24-2)16(12-21)9-15-5-7-18(23)20(11-15)25-3/h4-7,10-11,16,21-23H,1,8-9,12H2,2-3H3. The van der Waals surface area contributed by atoms with E-state index in [-0.39, 0.29) is 24.0 Å². The lowest BCUT2D eigenvalue weighted by atomic mass is 9.89. The van der Waals surface area contributed by atoms with Gasteiger partial charge in [-0.2, -0.15) is 0 Å². The number of benzene rings is 2. The molecule has 2 aromatic carbocycles. The first-order chi connectivity index (χ1) is 12.0. The first-order valence-corrected chi connectivity index (χ1v) is 7.98. The minimum atomic E-state index is -0.131. The van der Waals surface area contributed by atoms with Gasteiger partial charge in [0.1, 0.15) is 0 Å². The first-order valence-electron chi connectivity index (χ1n) is 7.98. The van der Waals surface area contributed by atoms with Gasteiger partial charge in [0.25, 0.3) is 0 Å². The predicted octanol–water partition coefficient (Wildman–Crippen LogP) is 3.06. The number of phenolic OH excluding ortho intramolecular Hbond substituents is 2. The molecule has 1 atom stereocenters. The summed E-state index contributed by atoms with van der Waals surface area (Å²) in [6, 6.07) is 10.3. The molecule has 2 rings (SSSR count). The molecule has 0 saturated carbocycles. The second kappa shape index (κ2) is 8.44. The third kappa shape index (κ3) is 4.67. The average Bonchev–Trinajstić information content (AvgIpc) is 2.62. The second-order valence-electron chi connectivity index (χ2n) is 5.93.